The van der Waals surface area contributed by atoms with Crippen molar-refractivity contribution in [3.8, 4) is 5.75 Å². The van der Waals surface area contributed by atoms with E-state index in [9.17, 15) is 4.79 Å². The summed E-state index contributed by atoms with van der Waals surface area (Å²) < 4.78 is 5.39. The molecule has 1 aliphatic heterocycles. The highest BCUT2D eigenvalue weighted by molar-refractivity contribution is 5.75. The van der Waals surface area contributed by atoms with E-state index < -0.39 is 0 Å². The van der Waals surface area contributed by atoms with Crippen molar-refractivity contribution in [2.45, 2.75) is 19.3 Å². The molecule has 1 amide bonds. The highest BCUT2D eigenvalue weighted by Crippen LogP contribution is 2.25. The number of likely N-dealkylation sites (tertiary alicyclic amines) is 1. The molecule has 1 aliphatic rings. The van der Waals surface area contributed by atoms with Gasteiger partial charge in [-0.05, 0) is 43.4 Å². The molecule has 1 heterocycles. The molecule has 0 bridgehead atoms. The third kappa shape index (κ3) is 3.96. The molecule has 0 saturated carbocycles. The van der Waals surface area contributed by atoms with E-state index in [0.29, 0.717) is 12.5 Å². The zero-order valence-corrected chi connectivity index (χ0v) is 11.5. The summed E-state index contributed by atoms with van der Waals surface area (Å²) in [5.41, 5.74) is 6.51. The summed E-state index contributed by atoms with van der Waals surface area (Å²) in [5.74, 6) is 1.29. The van der Waals surface area contributed by atoms with E-state index >= 15 is 0 Å². The van der Waals surface area contributed by atoms with E-state index in [1.165, 1.54) is 12.0 Å². The van der Waals surface area contributed by atoms with Gasteiger partial charge in [-0.15, -0.1) is 0 Å². The van der Waals surface area contributed by atoms with Crippen LogP contribution in [0.25, 0.3) is 0 Å². The lowest BCUT2D eigenvalue weighted by atomic mass is 9.91. The minimum Gasteiger partial charge on any atom is -0.496 e. The second-order valence-corrected chi connectivity index (χ2v) is 5.23. The Balaban J connectivity index is 1.96. The summed E-state index contributed by atoms with van der Waals surface area (Å²) in [7, 11) is 1.71. The standard InChI is InChI=1S/C15H22N2O2/c1-19-14-7-3-2-6-13(14)9-12-5-4-8-17(10-12)11-15(16)18/h2-3,6-7,12H,4-5,8-11H2,1H3,(H2,16,18)/t12-/m1/s1. The minimum absolute atomic E-state index is 0.238. The summed E-state index contributed by atoms with van der Waals surface area (Å²) >= 11 is 0. The summed E-state index contributed by atoms with van der Waals surface area (Å²) in [5, 5.41) is 0. The molecule has 4 heteroatoms. The number of benzene rings is 1. The van der Waals surface area contributed by atoms with Gasteiger partial charge in [0.15, 0.2) is 0 Å². The van der Waals surface area contributed by atoms with Crippen LogP contribution in [0.1, 0.15) is 18.4 Å². The summed E-state index contributed by atoms with van der Waals surface area (Å²) in [6, 6.07) is 8.15. The van der Waals surface area contributed by atoms with E-state index in [0.717, 1.165) is 31.7 Å². The predicted octanol–water partition coefficient (Wildman–Crippen LogP) is 1.43. The fourth-order valence-electron chi connectivity index (χ4n) is 2.86. The van der Waals surface area contributed by atoms with Crippen LogP contribution < -0.4 is 10.5 Å². The van der Waals surface area contributed by atoms with Crippen molar-refractivity contribution >= 4 is 5.91 Å². The smallest absolute Gasteiger partial charge is 0.231 e. The first-order valence-electron chi connectivity index (χ1n) is 6.81. The molecule has 0 aromatic heterocycles. The maximum absolute atomic E-state index is 11.0. The average Bonchev–Trinajstić information content (AvgIpc) is 2.39. The molecule has 1 aromatic carbocycles. The number of primary amides is 1. The van der Waals surface area contributed by atoms with Crippen LogP contribution in [0.3, 0.4) is 0 Å². The Morgan fingerprint density at radius 3 is 3.00 bits per heavy atom. The van der Waals surface area contributed by atoms with Gasteiger partial charge in [-0.2, -0.15) is 0 Å². The van der Waals surface area contributed by atoms with Gasteiger partial charge >= 0.3 is 0 Å². The number of hydrogen-bond acceptors (Lipinski definition) is 3. The van der Waals surface area contributed by atoms with Gasteiger partial charge in [0, 0.05) is 6.54 Å². The second kappa shape index (κ2) is 6.57. The van der Waals surface area contributed by atoms with Crippen molar-refractivity contribution in [2.24, 2.45) is 11.7 Å². The molecule has 0 unspecified atom stereocenters. The van der Waals surface area contributed by atoms with Crippen LogP contribution in [-0.2, 0) is 11.2 Å². The Hall–Kier alpha value is -1.55. The molecule has 1 atom stereocenters. The average molecular weight is 262 g/mol. The van der Waals surface area contributed by atoms with Crippen molar-refractivity contribution in [1.82, 2.24) is 4.90 Å². The second-order valence-electron chi connectivity index (χ2n) is 5.23. The lowest BCUT2D eigenvalue weighted by Gasteiger charge is -2.32. The number of carbonyl (C=O) groups is 1. The molecule has 0 spiro atoms. The maximum Gasteiger partial charge on any atom is 0.231 e. The third-order valence-corrected chi connectivity index (χ3v) is 3.68. The molecule has 19 heavy (non-hydrogen) atoms. The summed E-state index contributed by atoms with van der Waals surface area (Å²) in [4.78, 5) is 13.2. The van der Waals surface area contributed by atoms with Gasteiger partial charge < -0.3 is 10.5 Å². The van der Waals surface area contributed by atoms with E-state index in [-0.39, 0.29) is 5.91 Å². The molecule has 2 rings (SSSR count). The largest absolute Gasteiger partial charge is 0.496 e. The number of nitrogens with zero attached hydrogens (tertiary/aromatic N) is 1. The van der Waals surface area contributed by atoms with Gasteiger partial charge in [-0.25, -0.2) is 0 Å². The number of para-hydroxylation sites is 1. The number of methoxy groups -OCH3 is 1. The monoisotopic (exact) mass is 262 g/mol. The SMILES string of the molecule is COc1ccccc1C[C@H]1CCCN(CC(N)=O)C1. The van der Waals surface area contributed by atoms with E-state index in [2.05, 4.69) is 11.0 Å². The molecular weight excluding hydrogens is 240 g/mol. The highest BCUT2D eigenvalue weighted by Gasteiger charge is 2.21. The van der Waals surface area contributed by atoms with Crippen LogP contribution >= 0.6 is 0 Å². The molecule has 1 fully saturated rings. The predicted molar refractivity (Wildman–Crippen MR) is 75.1 cm³/mol. The van der Waals surface area contributed by atoms with Crippen LogP contribution in [0.4, 0.5) is 0 Å². The van der Waals surface area contributed by atoms with Gasteiger partial charge in [0.1, 0.15) is 5.75 Å². The zero-order valence-electron chi connectivity index (χ0n) is 11.5. The first-order valence-corrected chi connectivity index (χ1v) is 6.81. The number of amides is 1. The topological polar surface area (TPSA) is 55.6 Å². The number of carbonyl (C=O) groups excluding carboxylic acids is 1. The molecule has 0 aliphatic carbocycles. The van der Waals surface area contributed by atoms with Crippen LogP contribution in [0, 0.1) is 5.92 Å². The van der Waals surface area contributed by atoms with Gasteiger partial charge in [0.05, 0.1) is 13.7 Å². The Labute approximate surface area is 114 Å². The van der Waals surface area contributed by atoms with Crippen molar-refractivity contribution in [3.63, 3.8) is 0 Å². The maximum atomic E-state index is 11.0. The Bertz CT molecular complexity index is 434. The van der Waals surface area contributed by atoms with E-state index in [4.69, 9.17) is 10.5 Å². The molecule has 104 valence electrons. The van der Waals surface area contributed by atoms with Crippen LogP contribution in [0.5, 0.6) is 5.75 Å². The molecule has 4 nitrogen and oxygen atoms in total. The first-order chi connectivity index (χ1) is 9.19. The van der Waals surface area contributed by atoms with Gasteiger partial charge in [-0.3, -0.25) is 9.69 Å². The van der Waals surface area contributed by atoms with Crippen molar-refractivity contribution in [1.29, 1.82) is 0 Å². The lowest BCUT2D eigenvalue weighted by molar-refractivity contribution is -0.119. The minimum atomic E-state index is -0.238. The Morgan fingerprint density at radius 1 is 1.47 bits per heavy atom. The van der Waals surface area contributed by atoms with Gasteiger partial charge in [0.2, 0.25) is 5.91 Å². The van der Waals surface area contributed by atoms with Gasteiger partial charge in [0.25, 0.3) is 0 Å². The van der Waals surface area contributed by atoms with E-state index in [1.807, 2.05) is 18.2 Å². The molecule has 0 radical (unpaired) electrons. The van der Waals surface area contributed by atoms with Crippen LogP contribution in [-0.4, -0.2) is 37.6 Å². The van der Waals surface area contributed by atoms with E-state index in [1.54, 1.807) is 7.11 Å². The van der Waals surface area contributed by atoms with Crippen LogP contribution in [0.2, 0.25) is 0 Å². The summed E-state index contributed by atoms with van der Waals surface area (Å²) in [6.45, 7) is 2.30. The highest BCUT2D eigenvalue weighted by atomic mass is 16.5. The normalized spacial score (nSPS) is 20.2. The van der Waals surface area contributed by atoms with Crippen LogP contribution in [0.15, 0.2) is 24.3 Å². The van der Waals surface area contributed by atoms with Crippen molar-refractivity contribution in [2.75, 3.05) is 26.7 Å². The fraction of sp³-hybridized carbons (Fsp3) is 0.533. The fourth-order valence-corrected chi connectivity index (χ4v) is 2.86. The number of hydrogen-bond donors (Lipinski definition) is 1. The molecule has 1 aromatic rings. The summed E-state index contributed by atoms with van der Waals surface area (Å²) in [6.07, 6.45) is 3.33. The molecule has 1 saturated heterocycles. The van der Waals surface area contributed by atoms with Crippen molar-refractivity contribution in [3.05, 3.63) is 29.8 Å². The molecule has 2 N–H and O–H groups in total. The number of piperidine rings is 1. The zero-order chi connectivity index (χ0) is 13.7. The first kappa shape index (κ1) is 13.9. The molecular formula is C15H22N2O2. The lowest BCUT2D eigenvalue weighted by Crippen LogP contribution is -2.41. The van der Waals surface area contributed by atoms with Gasteiger partial charge in [-0.1, -0.05) is 18.2 Å². The number of rotatable bonds is 5. The van der Waals surface area contributed by atoms with Crippen molar-refractivity contribution < 1.29 is 9.53 Å². The number of ether oxygens (including phenoxy) is 1. The third-order valence-electron chi connectivity index (χ3n) is 3.68. The quantitative estimate of drug-likeness (QED) is 0.873. The number of nitrogens with two attached hydrogens (primary N) is 1. The Kier molecular flexibility index (Phi) is 4.80. The Morgan fingerprint density at radius 2 is 2.26 bits per heavy atom.